The zero-order valence-corrected chi connectivity index (χ0v) is 13.3. The fourth-order valence-corrected chi connectivity index (χ4v) is 2.43. The quantitative estimate of drug-likeness (QED) is 0.517. The summed E-state index contributed by atoms with van der Waals surface area (Å²) in [5, 5.41) is 0.341. The van der Waals surface area contributed by atoms with E-state index in [0.29, 0.717) is 16.6 Å². The third-order valence-corrected chi connectivity index (χ3v) is 3.60. The molecule has 1 N–H and O–H groups in total. The maximum atomic E-state index is 12.2. The molecular formula is C15H16N2O4S. The average molecular weight is 320 g/mol. The van der Waals surface area contributed by atoms with Gasteiger partial charge in [0.1, 0.15) is 16.6 Å². The number of esters is 1. The van der Waals surface area contributed by atoms with Crippen molar-refractivity contribution in [3.63, 3.8) is 0 Å². The number of carbonyl (C=O) groups excluding carboxylic acids is 1. The van der Waals surface area contributed by atoms with E-state index in [4.69, 9.17) is 9.47 Å². The van der Waals surface area contributed by atoms with Crippen LogP contribution in [-0.4, -0.2) is 35.9 Å². The van der Waals surface area contributed by atoms with Gasteiger partial charge in [-0.15, -0.1) is 11.8 Å². The molecule has 1 aromatic carbocycles. The number of rotatable bonds is 5. The van der Waals surface area contributed by atoms with Crippen molar-refractivity contribution in [3.05, 3.63) is 40.2 Å². The second-order valence-electron chi connectivity index (χ2n) is 4.25. The molecule has 0 radical (unpaired) electrons. The van der Waals surface area contributed by atoms with E-state index in [-0.39, 0.29) is 12.2 Å². The standard InChI is InChI=1S/C15H16N2O4S/c1-4-21-15(19)11-13(18)16-12(17-14(11)22-3)9-5-7-10(20-2)8-6-9/h5-8H,4H2,1-3H3,(H,16,17,18). The second kappa shape index (κ2) is 7.13. The molecule has 0 atom stereocenters. The molecule has 0 bridgehead atoms. The van der Waals surface area contributed by atoms with Gasteiger partial charge in [0.2, 0.25) is 0 Å². The molecule has 1 aromatic heterocycles. The Morgan fingerprint density at radius 1 is 1.32 bits per heavy atom. The molecule has 0 unspecified atom stereocenters. The first kappa shape index (κ1) is 16.1. The van der Waals surface area contributed by atoms with Gasteiger partial charge in [0.15, 0.2) is 5.56 Å². The van der Waals surface area contributed by atoms with Crippen molar-refractivity contribution in [1.82, 2.24) is 9.97 Å². The van der Waals surface area contributed by atoms with Crippen LogP contribution in [0.2, 0.25) is 0 Å². The highest BCUT2D eigenvalue weighted by Gasteiger charge is 2.20. The minimum absolute atomic E-state index is 0.0633. The first-order valence-electron chi connectivity index (χ1n) is 6.60. The Balaban J connectivity index is 2.49. The van der Waals surface area contributed by atoms with Gasteiger partial charge in [-0.25, -0.2) is 9.78 Å². The van der Waals surface area contributed by atoms with E-state index in [1.165, 1.54) is 11.8 Å². The van der Waals surface area contributed by atoms with Crippen LogP contribution in [0, 0.1) is 0 Å². The molecule has 0 saturated carbocycles. The second-order valence-corrected chi connectivity index (χ2v) is 5.04. The summed E-state index contributed by atoms with van der Waals surface area (Å²) in [6.07, 6.45) is 1.75. The average Bonchev–Trinajstić information content (AvgIpc) is 2.54. The van der Waals surface area contributed by atoms with Crippen LogP contribution in [0.4, 0.5) is 0 Å². The Labute approximate surface area is 131 Å². The summed E-state index contributed by atoms with van der Waals surface area (Å²) in [5.74, 6) is 0.436. The van der Waals surface area contributed by atoms with Gasteiger partial charge in [-0.2, -0.15) is 0 Å². The highest BCUT2D eigenvalue weighted by atomic mass is 32.2. The van der Waals surface area contributed by atoms with Crippen molar-refractivity contribution in [2.75, 3.05) is 20.0 Å². The molecule has 7 heteroatoms. The predicted octanol–water partition coefficient (Wildman–Crippen LogP) is 2.34. The Bertz CT molecular complexity index is 725. The number of methoxy groups -OCH3 is 1. The highest BCUT2D eigenvalue weighted by molar-refractivity contribution is 7.98. The number of benzene rings is 1. The first-order valence-corrected chi connectivity index (χ1v) is 7.83. The Hall–Kier alpha value is -2.28. The lowest BCUT2D eigenvalue weighted by Crippen LogP contribution is -2.23. The van der Waals surface area contributed by atoms with E-state index in [0.717, 1.165) is 5.56 Å². The topological polar surface area (TPSA) is 81.3 Å². The highest BCUT2D eigenvalue weighted by Crippen LogP contribution is 2.22. The van der Waals surface area contributed by atoms with Crippen molar-refractivity contribution in [2.45, 2.75) is 11.9 Å². The molecule has 1 heterocycles. The molecule has 22 heavy (non-hydrogen) atoms. The van der Waals surface area contributed by atoms with Gasteiger partial charge in [-0.3, -0.25) is 4.79 Å². The molecule has 2 rings (SSSR count). The molecule has 0 fully saturated rings. The number of nitrogens with one attached hydrogen (secondary N) is 1. The molecule has 0 amide bonds. The fourth-order valence-electron chi connectivity index (χ4n) is 1.87. The van der Waals surface area contributed by atoms with Crippen LogP contribution in [-0.2, 0) is 4.74 Å². The molecule has 0 spiro atoms. The van der Waals surface area contributed by atoms with E-state index in [1.54, 1.807) is 44.6 Å². The smallest absolute Gasteiger partial charge is 0.346 e. The molecule has 0 aliphatic rings. The summed E-state index contributed by atoms with van der Waals surface area (Å²) in [6.45, 7) is 1.89. The number of hydrogen-bond donors (Lipinski definition) is 1. The lowest BCUT2D eigenvalue weighted by Gasteiger charge is -2.08. The number of carbonyl (C=O) groups is 1. The molecule has 0 aliphatic heterocycles. The van der Waals surface area contributed by atoms with Crippen molar-refractivity contribution in [1.29, 1.82) is 0 Å². The molecular weight excluding hydrogens is 304 g/mol. The SMILES string of the molecule is CCOC(=O)c1c(SC)nc(-c2ccc(OC)cc2)[nH]c1=O. The van der Waals surface area contributed by atoms with E-state index in [9.17, 15) is 9.59 Å². The number of H-pyrrole nitrogens is 1. The van der Waals surface area contributed by atoms with E-state index in [2.05, 4.69) is 9.97 Å². The lowest BCUT2D eigenvalue weighted by atomic mass is 10.2. The zero-order valence-electron chi connectivity index (χ0n) is 12.5. The van der Waals surface area contributed by atoms with Gasteiger partial charge >= 0.3 is 5.97 Å². The third kappa shape index (κ3) is 3.30. The van der Waals surface area contributed by atoms with Crippen LogP contribution in [0.1, 0.15) is 17.3 Å². The summed E-state index contributed by atoms with van der Waals surface area (Å²) in [4.78, 5) is 31.0. The van der Waals surface area contributed by atoms with Gasteiger partial charge in [-0.05, 0) is 37.4 Å². The maximum absolute atomic E-state index is 12.2. The number of ether oxygens (including phenoxy) is 2. The molecule has 0 saturated heterocycles. The van der Waals surface area contributed by atoms with Crippen molar-refractivity contribution >= 4 is 17.7 Å². The van der Waals surface area contributed by atoms with Crippen molar-refractivity contribution in [2.24, 2.45) is 0 Å². The van der Waals surface area contributed by atoms with Crippen LogP contribution in [0.5, 0.6) is 5.75 Å². The summed E-state index contributed by atoms with van der Waals surface area (Å²) in [7, 11) is 1.58. The summed E-state index contributed by atoms with van der Waals surface area (Å²) in [5.41, 5.74) is 0.152. The van der Waals surface area contributed by atoms with Crippen molar-refractivity contribution in [3.8, 4) is 17.1 Å². The Kier molecular flexibility index (Phi) is 5.21. The lowest BCUT2D eigenvalue weighted by molar-refractivity contribution is 0.0519. The summed E-state index contributed by atoms with van der Waals surface area (Å²) >= 11 is 1.22. The van der Waals surface area contributed by atoms with E-state index < -0.39 is 11.5 Å². The minimum Gasteiger partial charge on any atom is -0.497 e. The van der Waals surface area contributed by atoms with Gasteiger partial charge in [-0.1, -0.05) is 0 Å². The summed E-state index contributed by atoms with van der Waals surface area (Å²) < 4.78 is 9.99. The monoisotopic (exact) mass is 320 g/mol. The van der Waals surface area contributed by atoms with Gasteiger partial charge in [0.05, 0.1) is 13.7 Å². The number of aromatic nitrogens is 2. The minimum atomic E-state index is -0.665. The third-order valence-electron chi connectivity index (χ3n) is 2.92. The number of hydrogen-bond acceptors (Lipinski definition) is 6. The van der Waals surface area contributed by atoms with E-state index in [1.807, 2.05) is 0 Å². The van der Waals surface area contributed by atoms with Gasteiger partial charge in [0.25, 0.3) is 5.56 Å². The number of nitrogens with zero attached hydrogens (tertiary/aromatic N) is 1. The fraction of sp³-hybridized carbons (Fsp3) is 0.267. The van der Waals surface area contributed by atoms with E-state index >= 15 is 0 Å². The van der Waals surface area contributed by atoms with Crippen LogP contribution >= 0.6 is 11.8 Å². The Morgan fingerprint density at radius 2 is 2.00 bits per heavy atom. The Morgan fingerprint density at radius 3 is 2.55 bits per heavy atom. The molecule has 6 nitrogen and oxygen atoms in total. The van der Waals surface area contributed by atoms with Crippen molar-refractivity contribution < 1.29 is 14.3 Å². The zero-order chi connectivity index (χ0) is 16.1. The van der Waals surface area contributed by atoms with Crippen LogP contribution in [0.15, 0.2) is 34.1 Å². The normalized spacial score (nSPS) is 10.3. The van der Waals surface area contributed by atoms with Crippen LogP contribution in [0.3, 0.4) is 0 Å². The number of aromatic amines is 1. The van der Waals surface area contributed by atoms with Crippen LogP contribution in [0.25, 0.3) is 11.4 Å². The molecule has 0 aliphatic carbocycles. The molecule has 116 valence electrons. The van der Waals surface area contributed by atoms with Crippen LogP contribution < -0.4 is 10.3 Å². The predicted molar refractivity (Wildman–Crippen MR) is 84.6 cm³/mol. The van der Waals surface area contributed by atoms with Gasteiger partial charge in [0, 0.05) is 5.56 Å². The molecule has 2 aromatic rings. The van der Waals surface area contributed by atoms with Gasteiger partial charge < -0.3 is 14.5 Å². The largest absolute Gasteiger partial charge is 0.497 e. The number of thioether (sulfide) groups is 1. The maximum Gasteiger partial charge on any atom is 0.346 e. The summed E-state index contributed by atoms with van der Waals surface area (Å²) in [6, 6.07) is 7.11. The first-order chi connectivity index (χ1) is 10.6.